The van der Waals surface area contributed by atoms with Gasteiger partial charge in [0.1, 0.15) is 0 Å². The lowest BCUT2D eigenvalue weighted by atomic mass is 10.1. The summed E-state index contributed by atoms with van der Waals surface area (Å²) in [6, 6.07) is 13.9. The molecule has 23 heavy (non-hydrogen) atoms. The molecule has 0 unspecified atom stereocenters. The minimum Gasteiger partial charge on any atom is -0.399 e. The van der Waals surface area contributed by atoms with Crippen LogP contribution in [0.25, 0.3) is 0 Å². The van der Waals surface area contributed by atoms with E-state index >= 15 is 0 Å². The number of amides is 1. The Morgan fingerprint density at radius 2 is 1.48 bits per heavy atom. The van der Waals surface area contributed by atoms with Crippen LogP contribution < -0.4 is 22.5 Å². The highest BCUT2D eigenvalue weighted by Gasteiger charge is 2.06. The maximum Gasteiger partial charge on any atom is 0.255 e. The molecular formula is C16H18N6O. The van der Waals surface area contributed by atoms with Gasteiger partial charge >= 0.3 is 0 Å². The van der Waals surface area contributed by atoms with Gasteiger partial charge in [-0.05, 0) is 48.9 Å². The van der Waals surface area contributed by atoms with E-state index in [0.717, 1.165) is 5.56 Å². The van der Waals surface area contributed by atoms with Crippen LogP contribution in [0.3, 0.4) is 0 Å². The van der Waals surface area contributed by atoms with Gasteiger partial charge in [0, 0.05) is 16.9 Å². The van der Waals surface area contributed by atoms with Crippen molar-refractivity contribution in [2.75, 3.05) is 11.1 Å². The van der Waals surface area contributed by atoms with E-state index in [4.69, 9.17) is 17.2 Å². The number of nitrogens with zero attached hydrogens (tertiary/aromatic N) is 2. The molecular weight excluding hydrogens is 292 g/mol. The summed E-state index contributed by atoms with van der Waals surface area (Å²) in [6.45, 7) is 1.79. The Balaban J connectivity index is 2.08. The molecule has 7 nitrogen and oxygen atoms in total. The molecule has 0 atom stereocenters. The zero-order valence-electron chi connectivity index (χ0n) is 12.7. The van der Waals surface area contributed by atoms with E-state index in [9.17, 15) is 4.79 Å². The number of guanidine groups is 1. The SMILES string of the molecule is C/C(=N/N=C(N)N)c1ccc(NC(=O)c2ccc(N)cc2)cc1. The third-order valence-corrected chi connectivity index (χ3v) is 3.05. The molecule has 7 N–H and O–H groups in total. The standard InChI is InChI=1S/C16H18N6O/c1-10(21-22-16(18)19)11-4-8-14(9-5-11)20-15(23)12-2-6-13(17)7-3-12/h2-9H,17H2,1H3,(H,20,23)(H4,18,19,22)/b21-10-. The monoisotopic (exact) mass is 310 g/mol. The Kier molecular flexibility index (Phi) is 4.93. The first-order valence-corrected chi connectivity index (χ1v) is 6.86. The van der Waals surface area contributed by atoms with Crippen LogP contribution in [-0.4, -0.2) is 17.6 Å². The van der Waals surface area contributed by atoms with Gasteiger partial charge in [0.15, 0.2) is 0 Å². The molecule has 0 aromatic heterocycles. The molecule has 0 heterocycles. The molecule has 0 aliphatic rings. The van der Waals surface area contributed by atoms with Gasteiger partial charge in [-0.25, -0.2) is 0 Å². The number of rotatable bonds is 4. The third-order valence-electron chi connectivity index (χ3n) is 3.05. The molecule has 0 radical (unpaired) electrons. The highest BCUT2D eigenvalue weighted by molar-refractivity contribution is 6.05. The second-order valence-electron chi connectivity index (χ2n) is 4.86. The average Bonchev–Trinajstić information content (AvgIpc) is 2.54. The number of nitrogens with two attached hydrogens (primary N) is 3. The molecule has 118 valence electrons. The predicted molar refractivity (Wildman–Crippen MR) is 93.3 cm³/mol. The van der Waals surface area contributed by atoms with Gasteiger partial charge in [-0.2, -0.15) is 5.10 Å². The Morgan fingerprint density at radius 3 is 2.04 bits per heavy atom. The maximum absolute atomic E-state index is 12.1. The molecule has 2 aromatic carbocycles. The van der Waals surface area contributed by atoms with Crippen molar-refractivity contribution in [1.29, 1.82) is 0 Å². The average molecular weight is 310 g/mol. The highest BCUT2D eigenvalue weighted by atomic mass is 16.1. The molecule has 0 fully saturated rings. The van der Waals surface area contributed by atoms with E-state index in [0.29, 0.717) is 22.6 Å². The first-order valence-electron chi connectivity index (χ1n) is 6.86. The van der Waals surface area contributed by atoms with Gasteiger partial charge in [-0.3, -0.25) is 4.79 Å². The molecule has 7 heteroatoms. The van der Waals surface area contributed by atoms with Crippen LogP contribution in [0.1, 0.15) is 22.8 Å². The number of benzene rings is 2. The molecule has 0 saturated heterocycles. The van der Waals surface area contributed by atoms with Crippen LogP contribution >= 0.6 is 0 Å². The number of nitrogen functional groups attached to an aromatic ring is 1. The van der Waals surface area contributed by atoms with Crippen LogP contribution in [0.5, 0.6) is 0 Å². The van der Waals surface area contributed by atoms with E-state index in [1.165, 1.54) is 0 Å². The van der Waals surface area contributed by atoms with E-state index < -0.39 is 0 Å². The zero-order chi connectivity index (χ0) is 16.8. The van der Waals surface area contributed by atoms with Crippen molar-refractivity contribution in [3.05, 3.63) is 59.7 Å². The summed E-state index contributed by atoms with van der Waals surface area (Å²) in [4.78, 5) is 12.1. The van der Waals surface area contributed by atoms with Crippen LogP contribution in [0.15, 0.2) is 58.7 Å². The fourth-order valence-corrected chi connectivity index (χ4v) is 1.82. The molecule has 0 aliphatic heterocycles. The van der Waals surface area contributed by atoms with Gasteiger partial charge in [0.05, 0.1) is 5.71 Å². The Morgan fingerprint density at radius 1 is 0.913 bits per heavy atom. The molecule has 0 aliphatic carbocycles. The smallest absolute Gasteiger partial charge is 0.255 e. The normalized spacial score (nSPS) is 10.9. The lowest BCUT2D eigenvalue weighted by Gasteiger charge is -2.06. The zero-order valence-corrected chi connectivity index (χ0v) is 12.7. The van der Waals surface area contributed by atoms with E-state index in [1.54, 1.807) is 43.3 Å². The van der Waals surface area contributed by atoms with Crippen molar-refractivity contribution in [3.63, 3.8) is 0 Å². The van der Waals surface area contributed by atoms with Crippen molar-refractivity contribution in [2.24, 2.45) is 21.7 Å². The van der Waals surface area contributed by atoms with Crippen molar-refractivity contribution >= 4 is 29.0 Å². The number of carbonyl (C=O) groups excluding carboxylic acids is 1. The van der Waals surface area contributed by atoms with Crippen molar-refractivity contribution in [2.45, 2.75) is 6.92 Å². The number of carbonyl (C=O) groups is 1. The number of hydrogen-bond acceptors (Lipinski definition) is 4. The summed E-state index contributed by atoms with van der Waals surface area (Å²) in [5.74, 6) is -0.305. The quantitative estimate of drug-likeness (QED) is 0.295. The fourth-order valence-electron chi connectivity index (χ4n) is 1.82. The number of hydrogen-bond donors (Lipinski definition) is 4. The number of anilines is 2. The second-order valence-corrected chi connectivity index (χ2v) is 4.86. The van der Waals surface area contributed by atoms with Gasteiger partial charge < -0.3 is 22.5 Å². The van der Waals surface area contributed by atoms with Gasteiger partial charge in [0.25, 0.3) is 5.91 Å². The van der Waals surface area contributed by atoms with Crippen LogP contribution in [0, 0.1) is 0 Å². The fraction of sp³-hybridized carbons (Fsp3) is 0.0625. The molecule has 0 spiro atoms. The minimum absolute atomic E-state index is 0.100. The molecule has 0 saturated carbocycles. The maximum atomic E-state index is 12.1. The summed E-state index contributed by atoms with van der Waals surface area (Å²) in [6.07, 6.45) is 0. The summed E-state index contributed by atoms with van der Waals surface area (Å²) in [7, 11) is 0. The lowest BCUT2D eigenvalue weighted by molar-refractivity contribution is 0.102. The minimum atomic E-state index is -0.205. The van der Waals surface area contributed by atoms with Gasteiger partial charge in [-0.15, -0.1) is 5.10 Å². The number of nitrogens with one attached hydrogen (secondary N) is 1. The summed E-state index contributed by atoms with van der Waals surface area (Å²) in [5.41, 5.74) is 19.4. The van der Waals surface area contributed by atoms with Crippen LogP contribution in [0.2, 0.25) is 0 Å². The molecule has 1 amide bonds. The molecule has 2 aromatic rings. The van der Waals surface area contributed by atoms with Crippen molar-refractivity contribution in [1.82, 2.24) is 0 Å². The van der Waals surface area contributed by atoms with E-state index in [-0.39, 0.29) is 11.9 Å². The highest BCUT2D eigenvalue weighted by Crippen LogP contribution is 2.13. The van der Waals surface area contributed by atoms with E-state index in [1.807, 2.05) is 12.1 Å². The lowest BCUT2D eigenvalue weighted by Crippen LogP contribution is -2.22. The van der Waals surface area contributed by atoms with Crippen LogP contribution in [0.4, 0.5) is 11.4 Å². The first kappa shape index (κ1) is 16.0. The Hall–Kier alpha value is -3.35. The van der Waals surface area contributed by atoms with E-state index in [2.05, 4.69) is 15.5 Å². The molecule has 2 rings (SSSR count). The Labute approximate surface area is 133 Å². The summed E-state index contributed by atoms with van der Waals surface area (Å²) in [5, 5.41) is 10.3. The van der Waals surface area contributed by atoms with Crippen LogP contribution in [-0.2, 0) is 0 Å². The Bertz CT molecular complexity index is 743. The third kappa shape index (κ3) is 4.57. The van der Waals surface area contributed by atoms with Crippen molar-refractivity contribution in [3.8, 4) is 0 Å². The topological polar surface area (TPSA) is 132 Å². The summed E-state index contributed by atoms with van der Waals surface area (Å²) < 4.78 is 0. The largest absolute Gasteiger partial charge is 0.399 e. The first-order chi connectivity index (χ1) is 11.0. The second kappa shape index (κ2) is 7.08. The van der Waals surface area contributed by atoms with Crippen molar-refractivity contribution < 1.29 is 4.79 Å². The molecule has 0 bridgehead atoms. The van der Waals surface area contributed by atoms with Gasteiger partial charge in [-0.1, -0.05) is 12.1 Å². The predicted octanol–water partition coefficient (Wildman–Crippen LogP) is 1.52. The van der Waals surface area contributed by atoms with Gasteiger partial charge in [0.2, 0.25) is 5.96 Å². The summed E-state index contributed by atoms with van der Waals surface area (Å²) >= 11 is 0.